The van der Waals surface area contributed by atoms with Gasteiger partial charge < -0.3 is 10.1 Å². The van der Waals surface area contributed by atoms with Gasteiger partial charge in [-0.15, -0.1) is 0 Å². The average molecular weight is 341 g/mol. The third kappa shape index (κ3) is 4.42. The van der Waals surface area contributed by atoms with E-state index >= 15 is 0 Å². The molecule has 0 saturated heterocycles. The van der Waals surface area contributed by atoms with E-state index < -0.39 is 0 Å². The second-order valence-corrected chi connectivity index (χ2v) is 6.13. The van der Waals surface area contributed by atoms with Crippen molar-refractivity contribution in [2.45, 2.75) is 40.2 Å². The van der Waals surface area contributed by atoms with Crippen molar-refractivity contribution < 1.29 is 9.53 Å². The Morgan fingerprint density at radius 3 is 2.67 bits per heavy atom. The molecule has 0 aliphatic heterocycles. The van der Waals surface area contributed by atoms with Gasteiger partial charge in [0.1, 0.15) is 12.4 Å². The molecule has 0 atom stereocenters. The van der Waals surface area contributed by atoms with E-state index in [1.807, 2.05) is 32.0 Å². The smallest absolute Gasteiger partial charge is 0.150 e. The third-order valence-corrected chi connectivity index (χ3v) is 4.34. The highest BCUT2D eigenvalue weighted by atomic mass is 32.1. The lowest BCUT2D eigenvalue weighted by Crippen LogP contribution is -2.12. The molecule has 3 nitrogen and oxygen atoms in total. The zero-order chi connectivity index (χ0) is 17.5. The number of thiocarbonyl (C=S) groups is 1. The Hall–Kier alpha value is -2.20. The molecule has 24 heavy (non-hydrogen) atoms. The van der Waals surface area contributed by atoms with Crippen LogP contribution in [0.5, 0.6) is 5.75 Å². The van der Waals surface area contributed by atoms with E-state index in [1.165, 1.54) is 5.56 Å². The summed E-state index contributed by atoms with van der Waals surface area (Å²) in [7, 11) is 0. The zero-order valence-electron chi connectivity index (χ0n) is 14.4. The third-order valence-electron chi connectivity index (χ3n) is 3.95. The molecule has 2 rings (SSSR count). The molecule has 0 aromatic heterocycles. The first-order valence-corrected chi connectivity index (χ1v) is 8.59. The van der Waals surface area contributed by atoms with Crippen molar-refractivity contribution in [1.82, 2.24) is 0 Å². The number of carbonyl (C=O) groups is 1. The molecule has 2 aromatic carbocycles. The van der Waals surface area contributed by atoms with Crippen LogP contribution in [0, 0.1) is 6.92 Å². The van der Waals surface area contributed by atoms with Gasteiger partial charge in [-0.3, -0.25) is 4.79 Å². The predicted molar refractivity (Wildman–Crippen MR) is 103 cm³/mol. The van der Waals surface area contributed by atoms with Crippen LogP contribution >= 0.6 is 12.2 Å². The van der Waals surface area contributed by atoms with Gasteiger partial charge in [0.05, 0.1) is 4.99 Å². The van der Waals surface area contributed by atoms with Crippen molar-refractivity contribution in [3.63, 3.8) is 0 Å². The van der Waals surface area contributed by atoms with E-state index in [-0.39, 0.29) is 0 Å². The lowest BCUT2D eigenvalue weighted by molar-refractivity contribution is 0.112. The monoisotopic (exact) mass is 341 g/mol. The Morgan fingerprint density at radius 2 is 2.04 bits per heavy atom. The Morgan fingerprint density at radius 1 is 1.25 bits per heavy atom. The molecule has 0 radical (unpaired) electrons. The second kappa shape index (κ2) is 8.60. The standard InChI is InChI=1S/C20H23NO2S/c1-4-15-9-10-19(14(3)11-15)23-13-17-16(12-22)7-6-8-18(17)21-20(24)5-2/h6-12H,4-5,13H2,1-3H3,(H,21,24). The number of rotatable bonds is 7. The summed E-state index contributed by atoms with van der Waals surface area (Å²) in [6.45, 7) is 6.47. The number of hydrogen-bond acceptors (Lipinski definition) is 3. The number of anilines is 1. The van der Waals surface area contributed by atoms with Crippen LogP contribution in [-0.2, 0) is 13.0 Å². The minimum absolute atomic E-state index is 0.315. The molecular weight excluding hydrogens is 318 g/mol. The van der Waals surface area contributed by atoms with E-state index in [0.29, 0.717) is 12.2 Å². The Bertz CT molecular complexity index is 740. The Balaban J connectivity index is 2.25. The van der Waals surface area contributed by atoms with Crippen LogP contribution in [0.3, 0.4) is 0 Å². The lowest BCUT2D eigenvalue weighted by Gasteiger charge is -2.16. The maximum atomic E-state index is 11.4. The fourth-order valence-corrected chi connectivity index (χ4v) is 2.59. The van der Waals surface area contributed by atoms with E-state index in [2.05, 4.69) is 24.4 Å². The summed E-state index contributed by atoms with van der Waals surface area (Å²) < 4.78 is 5.98. The summed E-state index contributed by atoms with van der Waals surface area (Å²) in [6.07, 6.45) is 2.60. The topological polar surface area (TPSA) is 38.3 Å². The van der Waals surface area contributed by atoms with E-state index in [9.17, 15) is 4.79 Å². The average Bonchev–Trinajstić information content (AvgIpc) is 2.60. The van der Waals surface area contributed by atoms with Crippen LogP contribution in [0.25, 0.3) is 0 Å². The van der Waals surface area contributed by atoms with Gasteiger partial charge in [-0.2, -0.15) is 0 Å². The first-order chi connectivity index (χ1) is 11.6. The van der Waals surface area contributed by atoms with E-state index in [0.717, 1.165) is 46.7 Å². The first kappa shape index (κ1) is 18.1. The van der Waals surface area contributed by atoms with Crippen LogP contribution in [0.4, 0.5) is 5.69 Å². The second-order valence-electron chi connectivity index (χ2n) is 5.64. The fourth-order valence-electron chi connectivity index (χ4n) is 2.48. The highest BCUT2D eigenvalue weighted by Crippen LogP contribution is 2.25. The fraction of sp³-hybridized carbons (Fsp3) is 0.300. The molecule has 0 fully saturated rings. The zero-order valence-corrected chi connectivity index (χ0v) is 15.2. The van der Waals surface area contributed by atoms with Crippen LogP contribution in [0.15, 0.2) is 36.4 Å². The van der Waals surface area contributed by atoms with Crippen molar-refractivity contribution in [2.75, 3.05) is 5.32 Å². The van der Waals surface area contributed by atoms with Crippen LogP contribution in [0.2, 0.25) is 0 Å². The Kier molecular flexibility index (Phi) is 6.50. The normalized spacial score (nSPS) is 10.3. The van der Waals surface area contributed by atoms with Crippen molar-refractivity contribution >= 4 is 29.2 Å². The molecule has 0 unspecified atom stereocenters. The van der Waals surface area contributed by atoms with Crippen molar-refractivity contribution in [3.05, 3.63) is 58.7 Å². The highest BCUT2D eigenvalue weighted by molar-refractivity contribution is 7.80. The molecule has 0 amide bonds. The van der Waals surface area contributed by atoms with Crippen LogP contribution in [-0.4, -0.2) is 11.3 Å². The summed E-state index contributed by atoms with van der Waals surface area (Å²) in [4.78, 5) is 12.1. The van der Waals surface area contributed by atoms with Gasteiger partial charge in [0.25, 0.3) is 0 Å². The van der Waals surface area contributed by atoms with E-state index in [4.69, 9.17) is 17.0 Å². The molecule has 0 aliphatic carbocycles. The molecular formula is C20H23NO2S. The van der Waals surface area contributed by atoms with Crippen molar-refractivity contribution in [3.8, 4) is 5.75 Å². The van der Waals surface area contributed by atoms with Crippen molar-refractivity contribution in [2.24, 2.45) is 0 Å². The molecule has 1 N–H and O–H groups in total. The lowest BCUT2D eigenvalue weighted by atomic mass is 10.1. The number of aryl methyl sites for hydroxylation is 2. The summed E-state index contributed by atoms with van der Waals surface area (Å²) >= 11 is 5.26. The molecule has 0 bridgehead atoms. The number of ether oxygens (including phenoxy) is 1. The van der Waals surface area contributed by atoms with Crippen molar-refractivity contribution in [1.29, 1.82) is 0 Å². The van der Waals surface area contributed by atoms with Gasteiger partial charge in [-0.1, -0.05) is 50.3 Å². The quantitative estimate of drug-likeness (QED) is 0.562. The SMILES string of the molecule is CCC(=S)Nc1cccc(C=O)c1COc1ccc(CC)cc1C. The number of aldehydes is 1. The van der Waals surface area contributed by atoms with Gasteiger partial charge in [-0.25, -0.2) is 0 Å². The maximum absolute atomic E-state index is 11.4. The molecule has 126 valence electrons. The van der Waals surface area contributed by atoms with Crippen LogP contribution in [0.1, 0.15) is 47.3 Å². The molecule has 0 heterocycles. The van der Waals surface area contributed by atoms with Gasteiger partial charge >= 0.3 is 0 Å². The first-order valence-electron chi connectivity index (χ1n) is 8.18. The summed E-state index contributed by atoms with van der Waals surface area (Å²) in [5, 5.41) is 3.20. The van der Waals surface area contributed by atoms with Gasteiger partial charge in [0.15, 0.2) is 6.29 Å². The summed E-state index contributed by atoms with van der Waals surface area (Å²) in [6, 6.07) is 11.7. The maximum Gasteiger partial charge on any atom is 0.150 e. The van der Waals surface area contributed by atoms with Gasteiger partial charge in [0, 0.05) is 16.8 Å². The minimum Gasteiger partial charge on any atom is -0.489 e. The summed E-state index contributed by atoms with van der Waals surface area (Å²) in [5.74, 6) is 0.830. The number of hydrogen-bond donors (Lipinski definition) is 1. The molecule has 0 aliphatic rings. The largest absolute Gasteiger partial charge is 0.489 e. The number of nitrogens with one attached hydrogen (secondary N) is 1. The minimum atomic E-state index is 0.315. The van der Waals surface area contributed by atoms with E-state index in [1.54, 1.807) is 6.07 Å². The van der Waals surface area contributed by atoms with Gasteiger partial charge in [0.2, 0.25) is 0 Å². The molecule has 2 aromatic rings. The Labute approximate surface area is 149 Å². The molecule has 0 saturated carbocycles. The highest BCUT2D eigenvalue weighted by Gasteiger charge is 2.11. The summed E-state index contributed by atoms with van der Waals surface area (Å²) in [5.41, 5.74) is 4.64. The number of carbonyl (C=O) groups excluding carboxylic acids is 1. The van der Waals surface area contributed by atoms with Gasteiger partial charge in [-0.05, 0) is 43.0 Å². The molecule has 0 spiro atoms. The molecule has 4 heteroatoms. The van der Waals surface area contributed by atoms with Crippen LogP contribution < -0.4 is 10.1 Å². The number of benzene rings is 2. The predicted octanol–water partition coefficient (Wildman–Crippen LogP) is 5.10.